The van der Waals surface area contributed by atoms with Crippen LogP contribution in [-0.2, 0) is 9.05 Å². The molecule has 72 valence electrons. The van der Waals surface area contributed by atoms with E-state index in [1.54, 1.807) is 19.9 Å². The van der Waals surface area contributed by atoms with Gasteiger partial charge >= 0.3 is 0 Å². The first kappa shape index (κ1) is 10.8. The molecule has 0 radical (unpaired) electrons. The van der Waals surface area contributed by atoms with Crippen LogP contribution in [-0.4, -0.2) is 13.4 Å². The average molecular weight is 240 g/mol. The summed E-state index contributed by atoms with van der Waals surface area (Å²) in [6.45, 7) is 3.35. The molecule has 0 saturated heterocycles. The van der Waals surface area contributed by atoms with Gasteiger partial charge in [-0.25, -0.2) is 13.4 Å². The molecule has 0 bridgehead atoms. The fourth-order valence-corrected chi connectivity index (χ4v) is 3.05. The molecule has 0 amide bonds. The number of hydrogen-bond acceptors (Lipinski definition) is 3. The second-order valence-electron chi connectivity index (χ2n) is 2.64. The van der Waals surface area contributed by atoms with Crippen molar-refractivity contribution in [3.63, 3.8) is 0 Å². The molecule has 13 heavy (non-hydrogen) atoms. The smallest absolute Gasteiger partial charge is 0.240 e. The highest BCUT2D eigenvalue weighted by Gasteiger charge is 2.19. The summed E-state index contributed by atoms with van der Waals surface area (Å²) in [6.07, 6.45) is 0. The van der Waals surface area contributed by atoms with Gasteiger partial charge in [-0.15, -0.1) is 0 Å². The minimum Gasteiger partial charge on any atom is -0.240 e. The first-order valence-corrected chi connectivity index (χ1v) is 6.09. The zero-order chi connectivity index (χ0) is 10.2. The van der Waals surface area contributed by atoms with Crippen molar-refractivity contribution in [2.45, 2.75) is 18.7 Å². The third-order valence-corrected chi connectivity index (χ3v) is 3.34. The van der Waals surface area contributed by atoms with Crippen molar-refractivity contribution in [2.24, 2.45) is 0 Å². The fourth-order valence-electron chi connectivity index (χ4n) is 1.07. The van der Waals surface area contributed by atoms with E-state index in [0.717, 1.165) is 0 Å². The Hall–Kier alpha value is -0.320. The van der Waals surface area contributed by atoms with E-state index in [0.29, 0.717) is 11.3 Å². The molecule has 1 rings (SSSR count). The van der Waals surface area contributed by atoms with Gasteiger partial charge in [0.25, 0.3) is 9.05 Å². The van der Waals surface area contributed by atoms with Crippen molar-refractivity contribution in [3.05, 3.63) is 22.5 Å². The molecular formula is C7H7Cl2NO2S. The van der Waals surface area contributed by atoms with Crippen molar-refractivity contribution in [1.82, 2.24) is 4.98 Å². The summed E-state index contributed by atoms with van der Waals surface area (Å²) in [5, 5.41) is -0.0764. The molecule has 1 aromatic rings. The molecule has 0 aliphatic carbocycles. The summed E-state index contributed by atoms with van der Waals surface area (Å²) in [5.41, 5.74) is 1.17. The number of rotatable bonds is 1. The predicted octanol–water partition coefficient (Wildman–Crippen LogP) is 2.28. The van der Waals surface area contributed by atoms with Crippen LogP contribution in [0, 0.1) is 13.8 Å². The van der Waals surface area contributed by atoms with Gasteiger partial charge < -0.3 is 0 Å². The van der Waals surface area contributed by atoms with Crippen LogP contribution >= 0.6 is 22.3 Å². The predicted molar refractivity (Wildman–Crippen MR) is 51.8 cm³/mol. The van der Waals surface area contributed by atoms with E-state index < -0.39 is 9.05 Å². The van der Waals surface area contributed by atoms with Crippen LogP contribution in [0.5, 0.6) is 0 Å². The minimum atomic E-state index is -3.80. The molecule has 0 aliphatic rings. The Morgan fingerprint density at radius 1 is 1.38 bits per heavy atom. The first-order valence-electron chi connectivity index (χ1n) is 3.41. The lowest BCUT2D eigenvalue weighted by atomic mass is 10.2. The maximum Gasteiger partial charge on any atom is 0.264 e. The summed E-state index contributed by atoms with van der Waals surface area (Å²) >= 11 is 5.64. The van der Waals surface area contributed by atoms with E-state index in [1.807, 2.05) is 0 Å². The molecule has 0 N–H and O–H groups in total. The highest BCUT2D eigenvalue weighted by molar-refractivity contribution is 8.13. The lowest BCUT2D eigenvalue weighted by molar-refractivity contribution is 0.608. The molecule has 0 aromatic carbocycles. The highest BCUT2D eigenvalue weighted by atomic mass is 35.7. The SMILES string of the molecule is Cc1cc(C)c(S(=O)(=O)Cl)c(Cl)n1. The van der Waals surface area contributed by atoms with Gasteiger partial charge in [-0.05, 0) is 25.5 Å². The lowest BCUT2D eigenvalue weighted by Gasteiger charge is -2.04. The molecule has 0 saturated carbocycles. The highest BCUT2D eigenvalue weighted by Crippen LogP contribution is 2.26. The standard InChI is InChI=1S/C7H7Cl2NO2S/c1-4-3-5(2)10-7(8)6(4)13(9,11)12/h3H,1-2H3. The second kappa shape index (κ2) is 3.44. The maximum absolute atomic E-state index is 11.0. The molecule has 1 aromatic heterocycles. The monoisotopic (exact) mass is 239 g/mol. The Labute approximate surface area is 86.1 Å². The zero-order valence-electron chi connectivity index (χ0n) is 7.01. The van der Waals surface area contributed by atoms with E-state index in [-0.39, 0.29) is 10.0 Å². The lowest BCUT2D eigenvalue weighted by Crippen LogP contribution is -1.99. The van der Waals surface area contributed by atoms with Crippen molar-refractivity contribution in [3.8, 4) is 0 Å². The summed E-state index contributed by atoms with van der Waals surface area (Å²) in [4.78, 5) is 3.69. The molecule has 0 fully saturated rings. The number of nitrogens with zero attached hydrogens (tertiary/aromatic N) is 1. The zero-order valence-corrected chi connectivity index (χ0v) is 9.33. The third kappa shape index (κ3) is 2.33. The Balaban J connectivity index is 3.57. The van der Waals surface area contributed by atoms with Gasteiger partial charge in [-0.2, -0.15) is 0 Å². The van der Waals surface area contributed by atoms with Crippen LogP contribution in [0.25, 0.3) is 0 Å². The van der Waals surface area contributed by atoms with Crippen LogP contribution in [0.4, 0.5) is 0 Å². The Morgan fingerprint density at radius 2 is 1.92 bits per heavy atom. The number of hydrogen-bond donors (Lipinski definition) is 0. The van der Waals surface area contributed by atoms with Crippen LogP contribution < -0.4 is 0 Å². The minimum absolute atomic E-state index is 0.0764. The van der Waals surface area contributed by atoms with Crippen molar-refractivity contribution in [1.29, 1.82) is 0 Å². The maximum atomic E-state index is 11.0. The summed E-state index contributed by atoms with van der Waals surface area (Å²) in [7, 11) is 1.37. The van der Waals surface area contributed by atoms with E-state index >= 15 is 0 Å². The Bertz CT molecular complexity index is 419. The topological polar surface area (TPSA) is 47.0 Å². The Kier molecular flexibility index (Phi) is 2.85. The van der Waals surface area contributed by atoms with E-state index in [2.05, 4.69) is 4.98 Å². The van der Waals surface area contributed by atoms with Crippen LogP contribution in [0.3, 0.4) is 0 Å². The van der Waals surface area contributed by atoms with Gasteiger partial charge in [0.2, 0.25) is 0 Å². The molecule has 3 nitrogen and oxygen atoms in total. The van der Waals surface area contributed by atoms with Crippen LogP contribution in [0.2, 0.25) is 5.15 Å². The number of halogens is 2. The summed E-state index contributed by atoms with van der Waals surface area (Å²) in [5.74, 6) is 0. The van der Waals surface area contributed by atoms with Crippen LogP contribution in [0.1, 0.15) is 11.3 Å². The molecule has 0 atom stereocenters. The van der Waals surface area contributed by atoms with Crippen molar-refractivity contribution in [2.75, 3.05) is 0 Å². The summed E-state index contributed by atoms with van der Waals surface area (Å²) in [6, 6.07) is 1.61. The average Bonchev–Trinajstić information content (AvgIpc) is 1.78. The van der Waals surface area contributed by atoms with Crippen molar-refractivity contribution < 1.29 is 8.42 Å². The number of aryl methyl sites for hydroxylation is 2. The normalized spacial score (nSPS) is 11.7. The molecule has 0 unspecified atom stereocenters. The fraction of sp³-hybridized carbons (Fsp3) is 0.286. The Morgan fingerprint density at radius 3 is 2.31 bits per heavy atom. The molecule has 6 heteroatoms. The van der Waals surface area contributed by atoms with Gasteiger partial charge in [0.1, 0.15) is 10.0 Å². The third-order valence-electron chi connectivity index (χ3n) is 1.49. The second-order valence-corrected chi connectivity index (χ2v) is 5.50. The molecule has 1 heterocycles. The van der Waals surface area contributed by atoms with E-state index in [9.17, 15) is 8.42 Å². The van der Waals surface area contributed by atoms with Crippen molar-refractivity contribution >= 4 is 31.3 Å². The first-order chi connectivity index (χ1) is 5.82. The van der Waals surface area contributed by atoms with Gasteiger partial charge in [0.15, 0.2) is 0 Å². The molecular weight excluding hydrogens is 233 g/mol. The largest absolute Gasteiger partial charge is 0.264 e. The quantitative estimate of drug-likeness (QED) is 0.558. The number of aromatic nitrogens is 1. The summed E-state index contributed by atoms with van der Waals surface area (Å²) < 4.78 is 22.1. The molecule has 0 spiro atoms. The van der Waals surface area contributed by atoms with E-state index in [1.165, 1.54) is 0 Å². The van der Waals surface area contributed by atoms with E-state index in [4.69, 9.17) is 22.3 Å². The molecule has 0 aliphatic heterocycles. The van der Waals surface area contributed by atoms with Gasteiger partial charge in [0, 0.05) is 16.4 Å². The van der Waals surface area contributed by atoms with Gasteiger partial charge in [-0.1, -0.05) is 11.6 Å². The van der Waals surface area contributed by atoms with Gasteiger partial charge in [-0.3, -0.25) is 0 Å². The number of pyridine rings is 1. The van der Waals surface area contributed by atoms with Crippen LogP contribution in [0.15, 0.2) is 11.0 Å². The van der Waals surface area contributed by atoms with Gasteiger partial charge in [0.05, 0.1) is 0 Å².